The molecule has 0 atom stereocenters. The second-order valence-corrected chi connectivity index (χ2v) is 8.08. The zero-order valence-corrected chi connectivity index (χ0v) is 16.6. The van der Waals surface area contributed by atoms with E-state index in [1.165, 1.54) is 0 Å². The van der Waals surface area contributed by atoms with E-state index in [2.05, 4.69) is 19.9 Å². The quantitative estimate of drug-likeness (QED) is 0.576. The van der Waals surface area contributed by atoms with E-state index in [-0.39, 0.29) is 11.4 Å². The van der Waals surface area contributed by atoms with Crippen LogP contribution >= 0.6 is 0 Å². The number of rotatable bonds is 4. The number of carbonyl (C=O) groups excluding carboxylic acids is 1. The Morgan fingerprint density at radius 2 is 1.74 bits per heavy atom. The van der Waals surface area contributed by atoms with Crippen molar-refractivity contribution < 1.29 is 9.53 Å². The molecule has 3 aromatic rings. The van der Waals surface area contributed by atoms with Gasteiger partial charge >= 0.3 is 5.97 Å². The standard InChI is InChI=1S/C23H26N2O2/c1-16-10-9-13-20(17(16)2)25-21(27-22(26)15-23(3,4)5)14-19(24-25)18-11-7-6-8-12-18/h6-14H,15H2,1-5H3. The summed E-state index contributed by atoms with van der Waals surface area (Å²) < 4.78 is 7.46. The maximum atomic E-state index is 12.4. The lowest BCUT2D eigenvalue weighted by Gasteiger charge is -2.17. The van der Waals surface area contributed by atoms with Gasteiger partial charge in [0.25, 0.3) is 0 Å². The second-order valence-electron chi connectivity index (χ2n) is 8.08. The fourth-order valence-electron chi connectivity index (χ4n) is 2.91. The van der Waals surface area contributed by atoms with Gasteiger partial charge in [-0.05, 0) is 36.5 Å². The van der Waals surface area contributed by atoms with Crippen LogP contribution in [0, 0.1) is 19.3 Å². The van der Waals surface area contributed by atoms with Crippen LogP contribution in [0.25, 0.3) is 16.9 Å². The van der Waals surface area contributed by atoms with Crippen molar-refractivity contribution >= 4 is 5.97 Å². The Morgan fingerprint density at radius 3 is 2.41 bits per heavy atom. The fourth-order valence-corrected chi connectivity index (χ4v) is 2.91. The zero-order valence-electron chi connectivity index (χ0n) is 16.6. The summed E-state index contributed by atoms with van der Waals surface area (Å²) >= 11 is 0. The van der Waals surface area contributed by atoms with Crippen LogP contribution in [0.1, 0.15) is 38.3 Å². The number of carbonyl (C=O) groups is 1. The first-order valence-corrected chi connectivity index (χ1v) is 9.17. The second kappa shape index (κ2) is 7.39. The summed E-state index contributed by atoms with van der Waals surface area (Å²) in [4.78, 5) is 12.4. The van der Waals surface area contributed by atoms with Crippen LogP contribution in [-0.2, 0) is 4.79 Å². The molecule has 0 aliphatic rings. The molecule has 0 saturated carbocycles. The van der Waals surface area contributed by atoms with E-state index >= 15 is 0 Å². The van der Waals surface area contributed by atoms with Crippen molar-refractivity contribution in [2.45, 2.75) is 41.0 Å². The number of hydrogen-bond donors (Lipinski definition) is 0. The van der Waals surface area contributed by atoms with E-state index in [4.69, 9.17) is 9.84 Å². The predicted octanol–water partition coefficient (Wildman–Crippen LogP) is 5.50. The molecule has 0 aliphatic carbocycles. The summed E-state index contributed by atoms with van der Waals surface area (Å²) in [7, 11) is 0. The molecule has 0 fully saturated rings. The Morgan fingerprint density at radius 1 is 1.04 bits per heavy atom. The van der Waals surface area contributed by atoms with Gasteiger partial charge in [-0.2, -0.15) is 9.78 Å². The molecular formula is C23H26N2O2. The van der Waals surface area contributed by atoms with Gasteiger partial charge in [0.05, 0.1) is 17.8 Å². The number of aryl methyl sites for hydroxylation is 1. The summed E-state index contributed by atoms with van der Waals surface area (Å²) in [6, 6.07) is 17.8. The van der Waals surface area contributed by atoms with Crippen LogP contribution in [0.3, 0.4) is 0 Å². The van der Waals surface area contributed by atoms with Gasteiger partial charge < -0.3 is 4.74 Å². The van der Waals surface area contributed by atoms with Gasteiger partial charge in [-0.1, -0.05) is 63.2 Å². The van der Waals surface area contributed by atoms with Gasteiger partial charge in [0.15, 0.2) is 0 Å². The molecule has 0 bridgehead atoms. The minimum absolute atomic E-state index is 0.135. The van der Waals surface area contributed by atoms with Crippen molar-refractivity contribution in [3.63, 3.8) is 0 Å². The summed E-state index contributed by atoms with van der Waals surface area (Å²) in [5.74, 6) is 0.186. The molecule has 4 heteroatoms. The highest BCUT2D eigenvalue weighted by Crippen LogP contribution is 2.29. The van der Waals surface area contributed by atoms with E-state index < -0.39 is 0 Å². The largest absolute Gasteiger partial charge is 0.407 e. The van der Waals surface area contributed by atoms with E-state index in [1.807, 2.05) is 69.3 Å². The number of ether oxygens (including phenoxy) is 1. The van der Waals surface area contributed by atoms with Gasteiger partial charge in [-0.3, -0.25) is 4.79 Å². The van der Waals surface area contributed by atoms with Crippen molar-refractivity contribution in [2.24, 2.45) is 5.41 Å². The maximum Gasteiger partial charge on any atom is 0.313 e. The number of benzene rings is 2. The molecule has 0 N–H and O–H groups in total. The first-order chi connectivity index (χ1) is 12.7. The smallest absolute Gasteiger partial charge is 0.313 e. The Labute approximate surface area is 160 Å². The first-order valence-electron chi connectivity index (χ1n) is 9.17. The summed E-state index contributed by atoms with van der Waals surface area (Å²) in [5.41, 5.74) is 4.80. The van der Waals surface area contributed by atoms with Gasteiger partial charge in [0, 0.05) is 11.6 Å². The first kappa shape index (κ1) is 18.9. The minimum atomic E-state index is -0.256. The van der Waals surface area contributed by atoms with Crippen LogP contribution in [0.5, 0.6) is 5.88 Å². The van der Waals surface area contributed by atoms with Crippen molar-refractivity contribution in [1.82, 2.24) is 9.78 Å². The molecule has 0 unspecified atom stereocenters. The molecule has 2 aromatic carbocycles. The van der Waals surface area contributed by atoms with Crippen LogP contribution in [0.2, 0.25) is 0 Å². The van der Waals surface area contributed by atoms with E-state index in [1.54, 1.807) is 4.68 Å². The molecule has 1 heterocycles. The molecule has 0 amide bonds. The van der Waals surface area contributed by atoms with Crippen molar-refractivity contribution in [3.8, 4) is 22.8 Å². The molecule has 0 saturated heterocycles. The van der Waals surface area contributed by atoms with Gasteiger partial charge in [-0.25, -0.2) is 0 Å². The molecule has 0 radical (unpaired) electrons. The van der Waals surface area contributed by atoms with Crippen LogP contribution in [0.15, 0.2) is 54.6 Å². The zero-order chi connectivity index (χ0) is 19.6. The molecular weight excluding hydrogens is 336 g/mol. The molecule has 3 rings (SSSR count). The highest BCUT2D eigenvalue weighted by atomic mass is 16.5. The van der Waals surface area contributed by atoms with Gasteiger partial charge in [0.1, 0.15) is 0 Å². The summed E-state index contributed by atoms with van der Waals surface area (Å²) in [5, 5.41) is 4.74. The minimum Gasteiger partial charge on any atom is -0.407 e. The van der Waals surface area contributed by atoms with Crippen molar-refractivity contribution in [2.75, 3.05) is 0 Å². The van der Waals surface area contributed by atoms with Crippen LogP contribution in [0.4, 0.5) is 0 Å². The summed E-state index contributed by atoms with van der Waals surface area (Å²) in [6.07, 6.45) is 0.339. The Hall–Kier alpha value is -2.88. The monoisotopic (exact) mass is 362 g/mol. The highest BCUT2D eigenvalue weighted by molar-refractivity contribution is 5.73. The number of esters is 1. The molecule has 0 spiro atoms. The molecule has 4 nitrogen and oxygen atoms in total. The maximum absolute atomic E-state index is 12.4. The van der Waals surface area contributed by atoms with E-state index in [0.717, 1.165) is 28.1 Å². The van der Waals surface area contributed by atoms with Gasteiger partial charge in [-0.15, -0.1) is 0 Å². The number of nitrogens with zero attached hydrogens (tertiary/aromatic N) is 2. The van der Waals surface area contributed by atoms with Crippen molar-refractivity contribution in [3.05, 3.63) is 65.7 Å². The van der Waals surface area contributed by atoms with Gasteiger partial charge in [0.2, 0.25) is 5.88 Å². The molecule has 140 valence electrons. The topological polar surface area (TPSA) is 44.1 Å². The molecule has 27 heavy (non-hydrogen) atoms. The number of aromatic nitrogens is 2. The third-order valence-electron chi connectivity index (χ3n) is 4.44. The van der Waals surface area contributed by atoms with E-state index in [0.29, 0.717) is 12.3 Å². The fraction of sp³-hybridized carbons (Fsp3) is 0.304. The SMILES string of the molecule is Cc1cccc(-n2nc(-c3ccccc3)cc2OC(=O)CC(C)(C)C)c1C. The third-order valence-corrected chi connectivity index (χ3v) is 4.44. The molecule has 0 aliphatic heterocycles. The highest BCUT2D eigenvalue weighted by Gasteiger charge is 2.21. The lowest BCUT2D eigenvalue weighted by molar-refractivity contribution is -0.136. The normalized spacial score (nSPS) is 11.4. The third kappa shape index (κ3) is 4.45. The number of hydrogen-bond acceptors (Lipinski definition) is 3. The summed E-state index contributed by atoms with van der Waals surface area (Å²) in [6.45, 7) is 10.2. The van der Waals surface area contributed by atoms with Crippen LogP contribution in [-0.4, -0.2) is 15.7 Å². The average molecular weight is 362 g/mol. The Bertz CT molecular complexity index is 950. The molecule has 1 aromatic heterocycles. The van der Waals surface area contributed by atoms with Crippen molar-refractivity contribution in [1.29, 1.82) is 0 Å². The Kier molecular flexibility index (Phi) is 5.17. The predicted molar refractivity (Wildman–Crippen MR) is 108 cm³/mol. The lowest BCUT2D eigenvalue weighted by atomic mass is 9.92. The van der Waals surface area contributed by atoms with Crippen LogP contribution < -0.4 is 4.74 Å². The van der Waals surface area contributed by atoms with E-state index in [9.17, 15) is 4.79 Å². The lowest BCUT2D eigenvalue weighted by Crippen LogP contribution is -2.19. The average Bonchev–Trinajstić information content (AvgIpc) is 3.00. The Balaban J connectivity index is 2.06.